The van der Waals surface area contributed by atoms with Gasteiger partial charge in [-0.2, -0.15) is 13.2 Å². The van der Waals surface area contributed by atoms with Crippen molar-refractivity contribution < 1.29 is 22.3 Å². The summed E-state index contributed by atoms with van der Waals surface area (Å²) in [4.78, 5) is 0. The van der Waals surface area contributed by atoms with Gasteiger partial charge in [-0.3, -0.25) is 5.41 Å². The Morgan fingerprint density at radius 1 is 1.35 bits per heavy atom. The summed E-state index contributed by atoms with van der Waals surface area (Å²) in [6, 6.07) is 2.94. The maximum Gasteiger partial charge on any atom is 0.419 e. The molecule has 3 N–H and O–H groups in total. The molecule has 0 aromatic heterocycles. The lowest BCUT2D eigenvalue weighted by Gasteiger charge is -2.14. The Morgan fingerprint density at radius 2 is 2.00 bits per heavy atom. The molecule has 0 aliphatic heterocycles. The van der Waals surface area contributed by atoms with Crippen molar-refractivity contribution in [1.82, 2.24) is 0 Å². The van der Waals surface area contributed by atoms with E-state index in [9.17, 15) is 17.6 Å². The molecule has 3 nitrogen and oxygen atoms in total. The summed E-state index contributed by atoms with van der Waals surface area (Å²) in [5, 5.41) is 7.05. The quantitative estimate of drug-likeness (QED) is 0.489. The van der Waals surface area contributed by atoms with Gasteiger partial charge < -0.3 is 10.5 Å². The third kappa shape index (κ3) is 3.33. The third-order valence-electron chi connectivity index (χ3n) is 1.93. The topological polar surface area (TPSA) is 59.1 Å². The summed E-state index contributed by atoms with van der Waals surface area (Å²) in [6.07, 6.45) is -4.64. The first-order chi connectivity index (χ1) is 7.86. The van der Waals surface area contributed by atoms with Crippen LogP contribution in [0.25, 0.3) is 0 Å². The Hall–Kier alpha value is -1.79. The van der Waals surface area contributed by atoms with E-state index in [1.165, 1.54) is 6.07 Å². The SMILES string of the molecule is N=C(N)c1ccc(OCCF)c(C(F)(F)F)c1. The van der Waals surface area contributed by atoms with Crippen molar-refractivity contribution in [2.24, 2.45) is 5.73 Å². The zero-order chi connectivity index (χ0) is 13.1. The van der Waals surface area contributed by atoms with Crippen LogP contribution in [-0.2, 0) is 6.18 Å². The number of nitrogen functional groups attached to an aromatic ring is 1. The highest BCUT2D eigenvalue weighted by molar-refractivity contribution is 5.95. The zero-order valence-corrected chi connectivity index (χ0v) is 8.64. The van der Waals surface area contributed by atoms with Gasteiger partial charge in [0.2, 0.25) is 0 Å². The van der Waals surface area contributed by atoms with E-state index in [-0.39, 0.29) is 5.56 Å². The highest BCUT2D eigenvalue weighted by Crippen LogP contribution is 2.36. The second-order valence-electron chi connectivity index (χ2n) is 3.16. The molecule has 0 spiro atoms. The summed E-state index contributed by atoms with van der Waals surface area (Å²) in [6.45, 7) is -1.34. The van der Waals surface area contributed by atoms with Gasteiger partial charge in [0.15, 0.2) is 0 Å². The lowest BCUT2D eigenvalue weighted by molar-refractivity contribution is -0.139. The molecule has 0 saturated heterocycles. The molecule has 0 bridgehead atoms. The van der Waals surface area contributed by atoms with Crippen LogP contribution in [0.4, 0.5) is 17.6 Å². The summed E-state index contributed by atoms with van der Waals surface area (Å²) in [5.41, 5.74) is 3.96. The number of hydrogen-bond acceptors (Lipinski definition) is 2. The van der Waals surface area contributed by atoms with Gasteiger partial charge in [-0.1, -0.05) is 0 Å². The first kappa shape index (κ1) is 13.3. The number of alkyl halides is 4. The number of rotatable bonds is 4. The standard InChI is InChI=1S/C10H10F4N2O/c11-3-4-17-8-2-1-6(9(15)16)5-7(8)10(12,13)14/h1-2,5H,3-4H2,(H3,15,16). The molecular weight excluding hydrogens is 240 g/mol. The van der Waals surface area contributed by atoms with E-state index in [2.05, 4.69) is 4.74 Å². The fourth-order valence-electron chi connectivity index (χ4n) is 1.19. The molecule has 17 heavy (non-hydrogen) atoms. The zero-order valence-electron chi connectivity index (χ0n) is 8.64. The van der Waals surface area contributed by atoms with Gasteiger partial charge in [0.05, 0.1) is 5.56 Å². The average Bonchev–Trinajstić information content (AvgIpc) is 2.24. The fourth-order valence-corrected chi connectivity index (χ4v) is 1.19. The molecule has 0 unspecified atom stereocenters. The van der Waals surface area contributed by atoms with E-state index in [4.69, 9.17) is 11.1 Å². The largest absolute Gasteiger partial charge is 0.490 e. The third-order valence-corrected chi connectivity index (χ3v) is 1.93. The number of nitrogens with one attached hydrogen (secondary N) is 1. The van der Waals surface area contributed by atoms with E-state index >= 15 is 0 Å². The lowest BCUT2D eigenvalue weighted by atomic mass is 10.1. The minimum atomic E-state index is -4.64. The number of benzene rings is 1. The second kappa shape index (κ2) is 5.03. The maximum absolute atomic E-state index is 12.6. The molecule has 0 heterocycles. The molecule has 0 fully saturated rings. The van der Waals surface area contributed by atoms with Crippen molar-refractivity contribution in [3.8, 4) is 5.75 Å². The Balaban J connectivity index is 3.17. The van der Waals surface area contributed by atoms with Crippen LogP contribution in [0, 0.1) is 5.41 Å². The number of nitrogens with two attached hydrogens (primary N) is 1. The van der Waals surface area contributed by atoms with E-state index in [0.717, 1.165) is 6.07 Å². The minimum Gasteiger partial charge on any atom is -0.490 e. The number of hydrogen-bond donors (Lipinski definition) is 2. The van der Waals surface area contributed by atoms with Crippen molar-refractivity contribution in [3.05, 3.63) is 29.3 Å². The summed E-state index contributed by atoms with van der Waals surface area (Å²) in [5.74, 6) is -0.951. The molecule has 0 amide bonds. The van der Waals surface area contributed by atoms with Gasteiger partial charge in [-0.15, -0.1) is 0 Å². The normalized spacial score (nSPS) is 11.3. The summed E-state index contributed by atoms with van der Waals surface area (Å²) < 4.78 is 54.4. The Bertz CT molecular complexity index is 417. The van der Waals surface area contributed by atoms with Gasteiger partial charge in [0.1, 0.15) is 24.9 Å². The van der Waals surface area contributed by atoms with E-state index in [1.54, 1.807) is 0 Å². The molecule has 0 aliphatic carbocycles. The van der Waals surface area contributed by atoms with Crippen LogP contribution in [0.2, 0.25) is 0 Å². The summed E-state index contributed by atoms with van der Waals surface area (Å²) >= 11 is 0. The number of ether oxygens (including phenoxy) is 1. The van der Waals surface area contributed by atoms with Crippen LogP contribution in [0.1, 0.15) is 11.1 Å². The second-order valence-corrected chi connectivity index (χ2v) is 3.16. The van der Waals surface area contributed by atoms with Crippen molar-refractivity contribution in [2.45, 2.75) is 6.18 Å². The van der Waals surface area contributed by atoms with Crippen molar-refractivity contribution in [2.75, 3.05) is 13.3 Å². The van der Waals surface area contributed by atoms with Crippen LogP contribution in [0.5, 0.6) is 5.75 Å². The minimum absolute atomic E-state index is 0.0649. The van der Waals surface area contributed by atoms with Gasteiger partial charge in [-0.05, 0) is 18.2 Å². The highest BCUT2D eigenvalue weighted by Gasteiger charge is 2.34. The van der Waals surface area contributed by atoms with Gasteiger partial charge in [0, 0.05) is 5.56 Å². The van der Waals surface area contributed by atoms with Crippen molar-refractivity contribution >= 4 is 5.84 Å². The van der Waals surface area contributed by atoms with E-state index in [0.29, 0.717) is 6.07 Å². The molecule has 0 aliphatic rings. The van der Waals surface area contributed by atoms with Crippen LogP contribution in [0.3, 0.4) is 0 Å². The number of amidine groups is 1. The predicted octanol–water partition coefficient (Wildman–Crippen LogP) is 2.34. The van der Waals surface area contributed by atoms with Crippen LogP contribution in [-0.4, -0.2) is 19.1 Å². The molecular formula is C10H10F4N2O. The smallest absolute Gasteiger partial charge is 0.419 e. The Kier molecular flexibility index (Phi) is 3.93. The number of halogens is 4. The van der Waals surface area contributed by atoms with Crippen LogP contribution >= 0.6 is 0 Å². The van der Waals surface area contributed by atoms with Crippen LogP contribution in [0.15, 0.2) is 18.2 Å². The fraction of sp³-hybridized carbons (Fsp3) is 0.300. The molecule has 1 rings (SSSR count). The summed E-state index contributed by atoms with van der Waals surface area (Å²) in [7, 11) is 0. The lowest BCUT2D eigenvalue weighted by Crippen LogP contribution is -2.15. The first-order valence-corrected chi connectivity index (χ1v) is 4.60. The molecule has 1 aromatic carbocycles. The molecule has 7 heteroatoms. The molecule has 94 valence electrons. The van der Waals surface area contributed by atoms with Gasteiger partial charge >= 0.3 is 6.18 Å². The Labute approximate surface area is 94.7 Å². The highest BCUT2D eigenvalue weighted by atomic mass is 19.4. The average molecular weight is 250 g/mol. The monoisotopic (exact) mass is 250 g/mol. The van der Waals surface area contributed by atoms with E-state index in [1.807, 2.05) is 0 Å². The van der Waals surface area contributed by atoms with Crippen LogP contribution < -0.4 is 10.5 Å². The van der Waals surface area contributed by atoms with Gasteiger partial charge in [-0.25, -0.2) is 4.39 Å². The predicted molar refractivity (Wildman–Crippen MR) is 53.9 cm³/mol. The van der Waals surface area contributed by atoms with Gasteiger partial charge in [0.25, 0.3) is 0 Å². The molecule has 0 radical (unpaired) electrons. The Morgan fingerprint density at radius 3 is 2.47 bits per heavy atom. The molecule has 1 aromatic rings. The van der Waals surface area contributed by atoms with Crippen molar-refractivity contribution in [1.29, 1.82) is 5.41 Å². The molecule has 0 atom stereocenters. The first-order valence-electron chi connectivity index (χ1n) is 4.60. The van der Waals surface area contributed by atoms with Crippen molar-refractivity contribution in [3.63, 3.8) is 0 Å². The van der Waals surface area contributed by atoms with E-state index < -0.39 is 36.6 Å². The maximum atomic E-state index is 12.6. The molecule has 0 saturated carbocycles.